The maximum Gasteiger partial charge on any atom is 0.186 e. The molecule has 2 rings (SSSR count). The van der Waals surface area contributed by atoms with E-state index in [1.54, 1.807) is 24.4 Å². The van der Waals surface area contributed by atoms with Crippen LogP contribution in [0.4, 0.5) is 5.69 Å². The minimum Gasteiger partial charge on any atom is -0.494 e. The molecule has 112 valence electrons. The van der Waals surface area contributed by atoms with Gasteiger partial charge in [0.25, 0.3) is 0 Å². The summed E-state index contributed by atoms with van der Waals surface area (Å²) in [6.07, 6.45) is 1.58. The minimum absolute atomic E-state index is 0.0819. The topological polar surface area (TPSA) is 82.3 Å². The van der Waals surface area contributed by atoms with Gasteiger partial charge in [-0.2, -0.15) is 0 Å². The van der Waals surface area contributed by atoms with Gasteiger partial charge in [0.2, 0.25) is 0 Å². The van der Waals surface area contributed by atoms with Gasteiger partial charge in [0, 0.05) is 12.3 Å². The van der Waals surface area contributed by atoms with E-state index in [1.165, 1.54) is 6.07 Å². The van der Waals surface area contributed by atoms with Gasteiger partial charge in [-0.1, -0.05) is 6.07 Å². The molecule has 0 spiro atoms. The molecule has 0 aliphatic carbocycles. The summed E-state index contributed by atoms with van der Waals surface area (Å²) in [5.74, 6) is 0.308. The highest BCUT2D eigenvalue weighted by atomic mass is 32.2. The Bertz CT molecular complexity index is 742. The Morgan fingerprint density at radius 2 is 2.05 bits per heavy atom. The van der Waals surface area contributed by atoms with Crippen LogP contribution in [-0.4, -0.2) is 20.0 Å². The molecular formula is C15H18N2O3S. The fraction of sp³-hybridized carbons (Fsp3) is 0.267. The van der Waals surface area contributed by atoms with Crippen LogP contribution >= 0.6 is 0 Å². The van der Waals surface area contributed by atoms with Crippen LogP contribution in [-0.2, 0) is 15.6 Å². The van der Waals surface area contributed by atoms with Crippen molar-refractivity contribution in [2.24, 2.45) is 0 Å². The first-order valence-corrected chi connectivity index (χ1v) is 8.25. The molecule has 2 aromatic rings. The number of aromatic nitrogens is 1. The van der Waals surface area contributed by atoms with Crippen LogP contribution in [0.1, 0.15) is 18.2 Å². The molecule has 21 heavy (non-hydrogen) atoms. The lowest BCUT2D eigenvalue weighted by atomic mass is 10.2. The molecule has 0 atom stereocenters. The summed E-state index contributed by atoms with van der Waals surface area (Å²) in [6, 6.07) is 8.27. The third-order valence-corrected chi connectivity index (χ3v) is 4.75. The number of ether oxygens (including phenoxy) is 1. The largest absolute Gasteiger partial charge is 0.494 e. The zero-order chi connectivity index (χ0) is 15.5. The zero-order valence-electron chi connectivity index (χ0n) is 12.0. The summed E-state index contributed by atoms with van der Waals surface area (Å²) >= 11 is 0. The maximum absolute atomic E-state index is 12.6. The van der Waals surface area contributed by atoms with E-state index in [0.717, 1.165) is 5.56 Å². The highest BCUT2D eigenvalue weighted by Crippen LogP contribution is 2.27. The number of rotatable bonds is 5. The fourth-order valence-corrected chi connectivity index (χ4v) is 3.51. The average molecular weight is 306 g/mol. The van der Waals surface area contributed by atoms with E-state index >= 15 is 0 Å². The van der Waals surface area contributed by atoms with Crippen LogP contribution in [0.25, 0.3) is 0 Å². The molecule has 6 heteroatoms. The Morgan fingerprint density at radius 1 is 1.29 bits per heavy atom. The minimum atomic E-state index is -3.57. The van der Waals surface area contributed by atoms with Crippen molar-refractivity contribution in [2.75, 3.05) is 12.3 Å². The standard InChI is InChI=1S/C15H18N2O3S/c1-3-20-12-6-7-13(16)15(9-12)21(18,19)10-14-11(2)5-4-8-17-14/h4-9H,3,10,16H2,1-2H3. The molecule has 0 saturated heterocycles. The number of hydrogen-bond acceptors (Lipinski definition) is 5. The van der Waals surface area contributed by atoms with E-state index in [0.29, 0.717) is 18.1 Å². The van der Waals surface area contributed by atoms with Gasteiger partial charge in [-0.3, -0.25) is 4.98 Å². The Labute approximate surface area is 124 Å². The summed E-state index contributed by atoms with van der Waals surface area (Å²) in [5.41, 5.74) is 7.38. The Hall–Kier alpha value is -2.08. The first-order valence-electron chi connectivity index (χ1n) is 6.59. The average Bonchev–Trinajstić information content (AvgIpc) is 2.43. The molecule has 0 amide bonds. The predicted octanol–water partition coefficient (Wildman–Crippen LogP) is 2.34. The Morgan fingerprint density at radius 3 is 2.71 bits per heavy atom. The Balaban J connectivity index is 2.40. The zero-order valence-corrected chi connectivity index (χ0v) is 12.9. The molecule has 0 radical (unpaired) electrons. The van der Waals surface area contributed by atoms with Crippen LogP contribution in [0.5, 0.6) is 5.75 Å². The van der Waals surface area contributed by atoms with Crippen LogP contribution in [0.3, 0.4) is 0 Å². The van der Waals surface area contributed by atoms with Crippen molar-refractivity contribution in [3.8, 4) is 5.75 Å². The molecule has 0 fully saturated rings. The van der Waals surface area contributed by atoms with E-state index in [-0.39, 0.29) is 16.3 Å². The van der Waals surface area contributed by atoms with Gasteiger partial charge in [-0.15, -0.1) is 0 Å². The summed E-state index contributed by atoms with van der Waals surface area (Å²) < 4.78 is 30.4. The van der Waals surface area contributed by atoms with E-state index in [1.807, 2.05) is 19.9 Å². The lowest BCUT2D eigenvalue weighted by Crippen LogP contribution is -2.10. The van der Waals surface area contributed by atoms with Crippen molar-refractivity contribution in [3.05, 3.63) is 47.8 Å². The number of hydrogen-bond donors (Lipinski definition) is 1. The molecule has 0 saturated carbocycles. The molecule has 1 aromatic carbocycles. The smallest absolute Gasteiger partial charge is 0.186 e. The summed E-state index contributed by atoms with van der Waals surface area (Å²) in [5, 5.41) is 0. The number of nitrogen functional groups attached to an aromatic ring is 1. The number of anilines is 1. The highest BCUT2D eigenvalue weighted by molar-refractivity contribution is 7.90. The second-order valence-corrected chi connectivity index (χ2v) is 6.62. The van der Waals surface area contributed by atoms with Gasteiger partial charge < -0.3 is 10.5 Å². The van der Waals surface area contributed by atoms with Gasteiger partial charge in [0.15, 0.2) is 9.84 Å². The number of nitrogens with zero attached hydrogens (tertiary/aromatic N) is 1. The normalized spacial score (nSPS) is 11.3. The van der Waals surface area contributed by atoms with E-state index in [4.69, 9.17) is 10.5 Å². The molecule has 1 aromatic heterocycles. The predicted molar refractivity (Wildman–Crippen MR) is 81.9 cm³/mol. The van der Waals surface area contributed by atoms with Gasteiger partial charge in [0.05, 0.1) is 28.6 Å². The SMILES string of the molecule is CCOc1ccc(N)c(S(=O)(=O)Cc2ncccc2C)c1. The van der Waals surface area contributed by atoms with Crippen molar-refractivity contribution in [1.29, 1.82) is 0 Å². The molecule has 0 aliphatic heterocycles. The second-order valence-electron chi connectivity index (χ2n) is 4.66. The van der Waals surface area contributed by atoms with Crippen molar-refractivity contribution < 1.29 is 13.2 Å². The number of sulfone groups is 1. The quantitative estimate of drug-likeness (QED) is 0.857. The van der Waals surface area contributed by atoms with Crippen LogP contribution in [0.2, 0.25) is 0 Å². The Kier molecular flexibility index (Phi) is 4.47. The maximum atomic E-state index is 12.6. The van der Waals surface area contributed by atoms with Gasteiger partial charge in [0.1, 0.15) is 5.75 Å². The van der Waals surface area contributed by atoms with Crippen LogP contribution in [0, 0.1) is 6.92 Å². The third-order valence-electron chi connectivity index (χ3n) is 3.08. The van der Waals surface area contributed by atoms with Gasteiger partial charge in [-0.05, 0) is 37.6 Å². The fourth-order valence-electron chi connectivity index (χ4n) is 1.97. The number of aryl methyl sites for hydroxylation is 1. The molecule has 0 unspecified atom stereocenters. The van der Waals surface area contributed by atoms with Crippen LogP contribution in [0.15, 0.2) is 41.4 Å². The van der Waals surface area contributed by atoms with Crippen molar-refractivity contribution in [1.82, 2.24) is 4.98 Å². The second kappa shape index (κ2) is 6.13. The van der Waals surface area contributed by atoms with Crippen molar-refractivity contribution in [2.45, 2.75) is 24.5 Å². The number of pyridine rings is 1. The summed E-state index contributed by atoms with van der Waals surface area (Å²) in [6.45, 7) is 4.13. The summed E-state index contributed by atoms with van der Waals surface area (Å²) in [7, 11) is -3.57. The molecule has 0 bridgehead atoms. The van der Waals surface area contributed by atoms with Crippen molar-refractivity contribution >= 4 is 15.5 Å². The van der Waals surface area contributed by atoms with Crippen molar-refractivity contribution in [3.63, 3.8) is 0 Å². The van der Waals surface area contributed by atoms with Crippen LogP contribution < -0.4 is 10.5 Å². The van der Waals surface area contributed by atoms with E-state index < -0.39 is 9.84 Å². The first-order chi connectivity index (χ1) is 9.94. The lowest BCUT2D eigenvalue weighted by molar-refractivity contribution is 0.339. The third kappa shape index (κ3) is 3.52. The molecule has 0 aliphatic rings. The number of nitrogens with two attached hydrogens (primary N) is 1. The number of benzene rings is 1. The lowest BCUT2D eigenvalue weighted by Gasteiger charge is -2.11. The van der Waals surface area contributed by atoms with Gasteiger partial charge >= 0.3 is 0 Å². The van der Waals surface area contributed by atoms with Gasteiger partial charge in [-0.25, -0.2) is 8.42 Å². The monoisotopic (exact) mass is 306 g/mol. The molecule has 2 N–H and O–H groups in total. The molecule has 1 heterocycles. The highest BCUT2D eigenvalue weighted by Gasteiger charge is 2.21. The van der Waals surface area contributed by atoms with E-state index in [9.17, 15) is 8.42 Å². The molecular weight excluding hydrogens is 288 g/mol. The summed E-state index contributed by atoms with van der Waals surface area (Å²) in [4.78, 5) is 4.21. The van der Waals surface area contributed by atoms with E-state index in [2.05, 4.69) is 4.98 Å². The molecule has 5 nitrogen and oxygen atoms in total. The first kappa shape index (κ1) is 15.3.